The summed E-state index contributed by atoms with van der Waals surface area (Å²) in [5.41, 5.74) is 4.55. The zero-order chi connectivity index (χ0) is 12.7. The molecule has 0 aliphatic rings. The average molecular weight is 302 g/mol. The Hall–Kier alpha value is -0.350. The minimum absolute atomic E-state index is 0. The molecule has 14 heteroatoms. The average Bonchev–Trinajstić information content (AvgIpc) is 1.76. The highest BCUT2D eigenvalue weighted by Crippen LogP contribution is 2.27. The van der Waals surface area contributed by atoms with Crippen molar-refractivity contribution in [3.63, 3.8) is 0 Å². The maximum Gasteiger partial charge on any atom is 0.357 e. The van der Waals surface area contributed by atoms with Crippen LogP contribution in [0.15, 0.2) is 0 Å². The van der Waals surface area contributed by atoms with Gasteiger partial charge in [0.05, 0.1) is 0 Å². The minimum Gasteiger partial charge on any atom is -0.344 e. The molecule has 8 N–H and O–H groups in total. The highest BCUT2D eigenvalue weighted by molar-refractivity contribution is 8.21. The number of rotatable bonds is 4. The van der Waals surface area contributed by atoms with Gasteiger partial charge in [-0.25, -0.2) is 0 Å². The van der Waals surface area contributed by atoms with Crippen LogP contribution in [0.5, 0.6) is 0 Å². The van der Waals surface area contributed by atoms with Crippen LogP contribution >= 0.6 is 0 Å². The third kappa shape index (κ3) is 2.48. The predicted molar refractivity (Wildman–Crippen MR) is 51.5 cm³/mol. The summed E-state index contributed by atoms with van der Waals surface area (Å²) < 4.78 is 84.4. The fourth-order valence-electron chi connectivity index (χ4n) is 0.715. The lowest BCUT2D eigenvalue weighted by Gasteiger charge is -2.21. The SMILES string of the molecule is N.NCC(S(=O)(=O)O)(S(=O)(=O)O)S(=O)(=O)O. The molecule has 0 aromatic heterocycles. The zero-order valence-electron chi connectivity index (χ0n) is 7.51. The fraction of sp³-hybridized carbons (Fsp3) is 1.00. The topological polar surface area (TPSA) is 224 Å². The van der Waals surface area contributed by atoms with Crippen molar-refractivity contribution in [1.82, 2.24) is 6.15 Å². The largest absolute Gasteiger partial charge is 0.357 e. The van der Waals surface area contributed by atoms with E-state index in [0.29, 0.717) is 0 Å². The van der Waals surface area contributed by atoms with Gasteiger partial charge in [0, 0.05) is 6.54 Å². The second-order valence-electron chi connectivity index (χ2n) is 2.31. The molecular weight excluding hydrogens is 292 g/mol. The number of nitrogens with two attached hydrogens (primary N) is 1. The van der Waals surface area contributed by atoms with E-state index in [0.717, 1.165) is 0 Å². The molecule has 0 saturated carbocycles. The van der Waals surface area contributed by atoms with Gasteiger partial charge in [0.25, 0.3) is 0 Å². The van der Waals surface area contributed by atoms with Gasteiger partial charge in [-0.1, -0.05) is 0 Å². The van der Waals surface area contributed by atoms with Crippen LogP contribution in [-0.2, 0) is 30.4 Å². The van der Waals surface area contributed by atoms with Gasteiger partial charge >= 0.3 is 33.8 Å². The second kappa shape index (κ2) is 4.49. The summed E-state index contributed by atoms with van der Waals surface area (Å²) >= 11 is 0. The minimum atomic E-state index is -5.89. The lowest BCUT2D eigenvalue weighted by molar-refractivity contribution is 0.424. The van der Waals surface area contributed by atoms with Crippen molar-refractivity contribution in [3.05, 3.63) is 0 Å². The van der Waals surface area contributed by atoms with Crippen molar-refractivity contribution < 1.29 is 38.9 Å². The molecule has 0 amide bonds. The lowest BCUT2D eigenvalue weighted by atomic mass is 10.8. The third-order valence-corrected chi connectivity index (χ3v) is 8.08. The normalized spacial score (nSPS) is 14.2. The van der Waals surface area contributed by atoms with Gasteiger partial charge in [-0.2, -0.15) is 25.3 Å². The Balaban J connectivity index is 0. The van der Waals surface area contributed by atoms with E-state index in [9.17, 15) is 25.3 Å². The first-order chi connectivity index (χ1) is 6.31. The molecule has 0 saturated heterocycles. The van der Waals surface area contributed by atoms with E-state index in [4.69, 9.17) is 13.7 Å². The van der Waals surface area contributed by atoms with Gasteiger partial charge < -0.3 is 11.9 Å². The Morgan fingerprint density at radius 3 is 1.00 bits per heavy atom. The predicted octanol–water partition coefficient (Wildman–Crippen LogP) is -2.58. The molecule has 16 heavy (non-hydrogen) atoms. The number of hydrogen-bond donors (Lipinski definition) is 5. The second-order valence-corrected chi connectivity index (χ2v) is 8.03. The van der Waals surface area contributed by atoms with Gasteiger partial charge in [0.15, 0.2) is 0 Å². The van der Waals surface area contributed by atoms with Gasteiger partial charge in [-0.3, -0.25) is 13.7 Å². The van der Waals surface area contributed by atoms with Crippen LogP contribution in [0, 0.1) is 0 Å². The Morgan fingerprint density at radius 2 is 1.00 bits per heavy atom. The first-order valence-electron chi connectivity index (χ1n) is 2.92. The van der Waals surface area contributed by atoms with Crippen LogP contribution in [0.2, 0.25) is 0 Å². The molecular formula is C2H10N2O9S3. The molecule has 0 bridgehead atoms. The molecule has 0 aromatic rings. The smallest absolute Gasteiger partial charge is 0.344 e. The Kier molecular flexibility index (Phi) is 5.06. The highest BCUT2D eigenvalue weighted by Gasteiger charge is 2.64. The van der Waals surface area contributed by atoms with Crippen LogP contribution < -0.4 is 11.9 Å². The first-order valence-corrected chi connectivity index (χ1v) is 7.24. The molecule has 0 rings (SSSR count). The molecule has 0 aromatic carbocycles. The monoisotopic (exact) mass is 302 g/mol. The summed E-state index contributed by atoms with van der Waals surface area (Å²) in [7, 11) is -17.7. The van der Waals surface area contributed by atoms with E-state index < -0.39 is 40.3 Å². The molecule has 0 unspecified atom stereocenters. The summed E-state index contributed by atoms with van der Waals surface area (Å²) in [6.07, 6.45) is 0. The van der Waals surface area contributed by atoms with Crippen molar-refractivity contribution in [2.75, 3.05) is 6.54 Å². The van der Waals surface area contributed by atoms with Crippen LogP contribution in [0.4, 0.5) is 0 Å². The van der Waals surface area contributed by atoms with Gasteiger partial charge in [0.1, 0.15) is 0 Å². The van der Waals surface area contributed by atoms with Gasteiger partial charge in [-0.05, 0) is 0 Å². The Labute approximate surface area is 91.5 Å². The summed E-state index contributed by atoms with van der Waals surface area (Å²) in [5.74, 6) is 0. The van der Waals surface area contributed by atoms with Crippen LogP contribution in [0.25, 0.3) is 0 Å². The standard InChI is InChI=1S/C2H7NO9S3.H3N/c3-1-2(13(4,5)6,14(7,8)9)15(10,11)12;/h1,3H2,(H,4,5,6)(H,7,8,9)(H,10,11,12);1H3. The van der Waals surface area contributed by atoms with Crippen molar-refractivity contribution in [1.29, 1.82) is 0 Å². The maximum absolute atomic E-state index is 10.6. The molecule has 0 aliphatic heterocycles. The van der Waals surface area contributed by atoms with Crippen molar-refractivity contribution >= 4 is 30.4 Å². The van der Waals surface area contributed by atoms with Crippen LogP contribution in [-0.4, -0.2) is 48.9 Å². The molecule has 0 heterocycles. The zero-order valence-corrected chi connectivity index (χ0v) is 9.96. The summed E-state index contributed by atoms with van der Waals surface area (Å²) in [6, 6.07) is 0. The molecule has 0 spiro atoms. The van der Waals surface area contributed by atoms with Crippen LogP contribution in [0.3, 0.4) is 0 Å². The molecule has 100 valence electrons. The van der Waals surface area contributed by atoms with Crippen molar-refractivity contribution in [2.24, 2.45) is 5.73 Å². The van der Waals surface area contributed by atoms with E-state index in [1.165, 1.54) is 0 Å². The fourth-order valence-corrected chi connectivity index (χ4v) is 4.54. The summed E-state index contributed by atoms with van der Waals surface area (Å²) in [5, 5.41) is 0. The summed E-state index contributed by atoms with van der Waals surface area (Å²) in [4.78, 5) is 0. The Bertz CT molecular complexity index is 461. The molecule has 0 aliphatic carbocycles. The molecule has 11 nitrogen and oxygen atoms in total. The van der Waals surface area contributed by atoms with Crippen molar-refractivity contribution in [2.45, 2.75) is 3.41 Å². The van der Waals surface area contributed by atoms with E-state index >= 15 is 0 Å². The maximum atomic E-state index is 10.6. The van der Waals surface area contributed by atoms with Crippen LogP contribution in [0.1, 0.15) is 0 Å². The van der Waals surface area contributed by atoms with Crippen molar-refractivity contribution in [3.8, 4) is 0 Å². The highest BCUT2D eigenvalue weighted by atomic mass is 32.3. The molecule has 0 radical (unpaired) electrons. The first kappa shape index (κ1) is 18.0. The van der Waals surface area contributed by atoms with E-state index in [1.54, 1.807) is 0 Å². The quantitative estimate of drug-likeness (QED) is 0.339. The van der Waals surface area contributed by atoms with Gasteiger partial charge in [0.2, 0.25) is 0 Å². The van der Waals surface area contributed by atoms with E-state index in [1.807, 2.05) is 0 Å². The summed E-state index contributed by atoms with van der Waals surface area (Å²) in [6.45, 7) is -1.77. The number of hydrogen-bond acceptors (Lipinski definition) is 8. The lowest BCUT2D eigenvalue weighted by Crippen LogP contribution is -2.57. The van der Waals surface area contributed by atoms with E-state index in [2.05, 4.69) is 5.73 Å². The van der Waals surface area contributed by atoms with Gasteiger partial charge in [-0.15, -0.1) is 0 Å². The Morgan fingerprint density at radius 1 is 0.812 bits per heavy atom. The molecule has 0 fully saturated rings. The van der Waals surface area contributed by atoms with E-state index in [-0.39, 0.29) is 6.15 Å². The molecule has 0 atom stereocenters. The third-order valence-electron chi connectivity index (χ3n) is 1.43.